The first kappa shape index (κ1) is 20.4. The van der Waals surface area contributed by atoms with Crippen molar-refractivity contribution >= 4 is 5.69 Å². The highest BCUT2D eigenvalue weighted by Gasteiger charge is 2.31. The second-order valence-corrected chi connectivity index (χ2v) is 6.73. The summed E-state index contributed by atoms with van der Waals surface area (Å²) in [7, 11) is 0. The number of β-amino-alcohol motifs (C(OH)–C–C–N with tert-alkyl or cyclic N) is 1. The normalized spacial score (nSPS) is 16.8. The monoisotopic (exact) mass is 398 g/mol. The molecule has 1 saturated heterocycles. The van der Waals surface area contributed by atoms with Crippen LogP contribution in [0.1, 0.15) is 5.56 Å². The van der Waals surface area contributed by atoms with Gasteiger partial charge < -0.3 is 14.7 Å². The number of halogens is 4. The highest BCUT2D eigenvalue weighted by atomic mass is 19.4. The van der Waals surface area contributed by atoms with Crippen LogP contribution in [0.2, 0.25) is 0 Å². The van der Waals surface area contributed by atoms with Crippen molar-refractivity contribution in [2.24, 2.45) is 0 Å². The summed E-state index contributed by atoms with van der Waals surface area (Å²) in [5.74, 6) is -0.389. The van der Waals surface area contributed by atoms with Gasteiger partial charge in [-0.05, 0) is 30.3 Å². The Hall–Kier alpha value is -2.32. The molecular formula is C20H22F4N2O2. The SMILES string of the molecule is O[C@H](COc1ccccc1F)CN1CCN(c2cccc(C(F)(F)F)c2)CC1. The van der Waals surface area contributed by atoms with E-state index in [-0.39, 0.29) is 12.4 Å². The van der Waals surface area contributed by atoms with E-state index in [2.05, 4.69) is 0 Å². The largest absolute Gasteiger partial charge is 0.488 e. The van der Waals surface area contributed by atoms with Gasteiger partial charge in [0.2, 0.25) is 0 Å². The maximum atomic E-state index is 13.5. The van der Waals surface area contributed by atoms with Crippen LogP contribution >= 0.6 is 0 Å². The molecule has 1 N–H and O–H groups in total. The standard InChI is InChI=1S/C20H22F4N2O2/c21-18-6-1-2-7-19(18)28-14-17(27)13-25-8-10-26(11-9-25)16-5-3-4-15(12-16)20(22,23)24/h1-7,12,17,27H,8-11,13-14H2/t17-/m0/s1. The first-order chi connectivity index (χ1) is 13.3. The number of aliphatic hydroxyl groups excluding tert-OH is 1. The van der Waals surface area contributed by atoms with Gasteiger partial charge in [0, 0.05) is 38.4 Å². The Kier molecular flexibility index (Phi) is 6.41. The van der Waals surface area contributed by atoms with Crippen LogP contribution in [-0.4, -0.2) is 55.4 Å². The lowest BCUT2D eigenvalue weighted by Crippen LogP contribution is -2.49. The Bertz CT molecular complexity index is 777. The van der Waals surface area contributed by atoms with E-state index < -0.39 is 23.7 Å². The van der Waals surface area contributed by atoms with Crippen molar-refractivity contribution < 1.29 is 27.4 Å². The van der Waals surface area contributed by atoms with Crippen LogP contribution in [0.3, 0.4) is 0 Å². The molecule has 4 nitrogen and oxygen atoms in total. The zero-order valence-corrected chi connectivity index (χ0v) is 15.2. The van der Waals surface area contributed by atoms with Crippen molar-refractivity contribution in [3.05, 3.63) is 59.9 Å². The van der Waals surface area contributed by atoms with Crippen LogP contribution in [0.4, 0.5) is 23.2 Å². The smallest absolute Gasteiger partial charge is 0.416 e. The van der Waals surface area contributed by atoms with Crippen molar-refractivity contribution in [2.75, 3.05) is 44.2 Å². The number of hydrogen-bond acceptors (Lipinski definition) is 4. The van der Waals surface area contributed by atoms with E-state index in [1.165, 1.54) is 18.2 Å². The maximum Gasteiger partial charge on any atom is 0.416 e. The lowest BCUT2D eigenvalue weighted by atomic mass is 10.1. The number of anilines is 1. The summed E-state index contributed by atoms with van der Waals surface area (Å²) < 4.78 is 57.4. The summed E-state index contributed by atoms with van der Waals surface area (Å²) in [5.41, 5.74) is -0.119. The van der Waals surface area contributed by atoms with Gasteiger partial charge in [-0.15, -0.1) is 0 Å². The molecule has 2 aromatic rings. The van der Waals surface area contributed by atoms with E-state index in [1.807, 2.05) is 9.80 Å². The van der Waals surface area contributed by atoms with Gasteiger partial charge in [0.25, 0.3) is 0 Å². The quantitative estimate of drug-likeness (QED) is 0.757. The van der Waals surface area contributed by atoms with Gasteiger partial charge in [0.15, 0.2) is 11.6 Å². The number of ether oxygens (including phenoxy) is 1. The first-order valence-corrected chi connectivity index (χ1v) is 9.03. The molecule has 28 heavy (non-hydrogen) atoms. The molecule has 2 aromatic carbocycles. The summed E-state index contributed by atoms with van der Waals surface area (Å²) in [6, 6.07) is 11.3. The van der Waals surface area contributed by atoms with Gasteiger partial charge in [-0.2, -0.15) is 13.2 Å². The molecule has 0 saturated carbocycles. The first-order valence-electron chi connectivity index (χ1n) is 9.03. The second-order valence-electron chi connectivity index (χ2n) is 6.73. The fourth-order valence-electron chi connectivity index (χ4n) is 3.17. The molecule has 1 atom stereocenters. The van der Waals surface area contributed by atoms with Gasteiger partial charge in [0.1, 0.15) is 12.7 Å². The fourth-order valence-corrected chi connectivity index (χ4v) is 3.17. The van der Waals surface area contributed by atoms with Crippen molar-refractivity contribution in [1.29, 1.82) is 0 Å². The number of piperazine rings is 1. The van der Waals surface area contributed by atoms with E-state index in [1.54, 1.807) is 18.2 Å². The molecule has 152 valence electrons. The number of para-hydroxylation sites is 1. The van der Waals surface area contributed by atoms with E-state index in [0.29, 0.717) is 38.4 Å². The molecule has 8 heteroatoms. The molecule has 0 unspecified atom stereocenters. The third-order valence-corrected chi connectivity index (χ3v) is 4.65. The molecule has 0 spiro atoms. The van der Waals surface area contributed by atoms with Crippen molar-refractivity contribution in [3.8, 4) is 5.75 Å². The van der Waals surface area contributed by atoms with Crippen LogP contribution in [0, 0.1) is 5.82 Å². The van der Waals surface area contributed by atoms with E-state index >= 15 is 0 Å². The van der Waals surface area contributed by atoms with Gasteiger partial charge in [-0.1, -0.05) is 18.2 Å². The number of rotatable bonds is 6. The minimum absolute atomic E-state index is 0.0330. The average molecular weight is 398 g/mol. The van der Waals surface area contributed by atoms with E-state index in [0.717, 1.165) is 12.1 Å². The number of benzene rings is 2. The van der Waals surface area contributed by atoms with Crippen LogP contribution in [-0.2, 0) is 6.18 Å². The molecule has 1 heterocycles. The third-order valence-electron chi connectivity index (χ3n) is 4.65. The van der Waals surface area contributed by atoms with Crippen LogP contribution in [0.15, 0.2) is 48.5 Å². The van der Waals surface area contributed by atoms with Gasteiger partial charge in [-0.25, -0.2) is 4.39 Å². The Labute approximate surface area is 160 Å². The minimum Gasteiger partial charge on any atom is -0.488 e. The predicted octanol–water partition coefficient (Wildman–Crippen LogP) is 3.41. The molecule has 0 aromatic heterocycles. The highest BCUT2D eigenvalue weighted by Crippen LogP contribution is 2.31. The molecule has 1 aliphatic heterocycles. The van der Waals surface area contributed by atoms with Crippen LogP contribution in [0.5, 0.6) is 5.75 Å². The molecule has 1 aliphatic rings. The Morgan fingerprint density at radius 2 is 1.71 bits per heavy atom. The highest BCUT2D eigenvalue weighted by molar-refractivity contribution is 5.49. The Morgan fingerprint density at radius 3 is 2.39 bits per heavy atom. The fraction of sp³-hybridized carbons (Fsp3) is 0.400. The van der Waals surface area contributed by atoms with Crippen LogP contribution in [0.25, 0.3) is 0 Å². The summed E-state index contributed by atoms with van der Waals surface area (Å²) in [5, 5.41) is 10.1. The summed E-state index contributed by atoms with van der Waals surface area (Å²) in [6.07, 6.45) is -5.15. The topological polar surface area (TPSA) is 35.9 Å². The molecule has 0 bridgehead atoms. The van der Waals surface area contributed by atoms with Gasteiger partial charge in [0.05, 0.1) is 5.56 Å². The second kappa shape index (κ2) is 8.79. The summed E-state index contributed by atoms with van der Waals surface area (Å²) >= 11 is 0. The van der Waals surface area contributed by atoms with E-state index in [9.17, 15) is 22.7 Å². The molecule has 3 rings (SSSR count). The molecular weight excluding hydrogens is 376 g/mol. The minimum atomic E-state index is -4.36. The predicted molar refractivity (Wildman–Crippen MR) is 98.0 cm³/mol. The average Bonchev–Trinajstić information content (AvgIpc) is 2.67. The lowest BCUT2D eigenvalue weighted by molar-refractivity contribution is -0.137. The third kappa shape index (κ3) is 5.36. The summed E-state index contributed by atoms with van der Waals surface area (Å²) in [4.78, 5) is 3.91. The Balaban J connectivity index is 1.47. The zero-order valence-electron chi connectivity index (χ0n) is 15.2. The number of nitrogens with zero attached hydrogens (tertiary/aromatic N) is 2. The van der Waals surface area contributed by atoms with Gasteiger partial charge in [-0.3, -0.25) is 4.90 Å². The lowest BCUT2D eigenvalue weighted by Gasteiger charge is -2.37. The molecule has 0 aliphatic carbocycles. The number of hydrogen-bond donors (Lipinski definition) is 1. The number of alkyl halides is 3. The van der Waals surface area contributed by atoms with Crippen molar-refractivity contribution in [3.63, 3.8) is 0 Å². The zero-order chi connectivity index (χ0) is 20.1. The van der Waals surface area contributed by atoms with Crippen molar-refractivity contribution in [2.45, 2.75) is 12.3 Å². The maximum absolute atomic E-state index is 13.5. The van der Waals surface area contributed by atoms with Gasteiger partial charge >= 0.3 is 6.18 Å². The molecule has 0 radical (unpaired) electrons. The molecule has 1 fully saturated rings. The van der Waals surface area contributed by atoms with Crippen molar-refractivity contribution in [1.82, 2.24) is 4.90 Å². The molecule has 0 amide bonds. The van der Waals surface area contributed by atoms with E-state index in [4.69, 9.17) is 4.74 Å². The van der Waals surface area contributed by atoms with Crippen LogP contribution < -0.4 is 9.64 Å². The number of aliphatic hydroxyl groups is 1. The Morgan fingerprint density at radius 1 is 1.00 bits per heavy atom. The summed E-state index contributed by atoms with van der Waals surface area (Å²) in [6.45, 7) is 2.64.